The first-order chi connectivity index (χ1) is 9.31. The van der Waals surface area contributed by atoms with Crippen LogP contribution >= 0.6 is 0 Å². The average molecular weight is 276 g/mol. The van der Waals surface area contributed by atoms with E-state index in [0.717, 1.165) is 5.76 Å². The van der Waals surface area contributed by atoms with Gasteiger partial charge in [0.05, 0.1) is 6.54 Å². The van der Waals surface area contributed by atoms with E-state index in [-0.39, 0.29) is 12.5 Å². The molecule has 0 aliphatic carbocycles. The van der Waals surface area contributed by atoms with Crippen LogP contribution < -0.4 is 5.32 Å². The molecule has 0 radical (unpaired) electrons. The highest BCUT2D eigenvalue weighted by Crippen LogP contribution is 2.26. The van der Waals surface area contributed by atoms with Crippen LogP contribution in [0, 0.1) is 13.8 Å². The summed E-state index contributed by atoms with van der Waals surface area (Å²) in [6, 6.07) is 5.33. The molecule has 0 aromatic carbocycles. The van der Waals surface area contributed by atoms with Gasteiger partial charge in [-0.1, -0.05) is 0 Å². The molecule has 1 atom stereocenters. The monoisotopic (exact) mass is 276 g/mol. The SMILES string of the molecule is Cc1cc(C(C)(O)CNC(=O)c2cccn2C)c(C)o1. The minimum absolute atomic E-state index is 0.122. The molecular weight excluding hydrogens is 256 g/mol. The first-order valence-electron chi connectivity index (χ1n) is 6.50. The molecule has 2 N–H and O–H groups in total. The maximum atomic E-state index is 12.0. The molecule has 5 heteroatoms. The van der Waals surface area contributed by atoms with Crippen LogP contribution in [0.3, 0.4) is 0 Å². The van der Waals surface area contributed by atoms with Gasteiger partial charge in [0.25, 0.3) is 5.91 Å². The zero-order valence-electron chi connectivity index (χ0n) is 12.2. The van der Waals surface area contributed by atoms with E-state index in [1.165, 1.54) is 0 Å². The second-order valence-corrected chi connectivity index (χ2v) is 5.29. The number of aryl methyl sites for hydroxylation is 3. The largest absolute Gasteiger partial charge is 0.466 e. The smallest absolute Gasteiger partial charge is 0.268 e. The van der Waals surface area contributed by atoms with Crippen molar-refractivity contribution < 1.29 is 14.3 Å². The van der Waals surface area contributed by atoms with E-state index >= 15 is 0 Å². The van der Waals surface area contributed by atoms with E-state index in [2.05, 4.69) is 5.32 Å². The summed E-state index contributed by atoms with van der Waals surface area (Å²) < 4.78 is 7.16. The lowest BCUT2D eigenvalue weighted by molar-refractivity contribution is 0.0511. The molecule has 2 aromatic rings. The second kappa shape index (κ2) is 5.17. The van der Waals surface area contributed by atoms with E-state index in [1.807, 2.05) is 6.92 Å². The molecule has 108 valence electrons. The third-order valence-electron chi connectivity index (χ3n) is 3.39. The fraction of sp³-hybridized carbons (Fsp3) is 0.400. The third kappa shape index (κ3) is 2.77. The lowest BCUT2D eigenvalue weighted by atomic mass is 9.96. The summed E-state index contributed by atoms with van der Waals surface area (Å²) in [5.74, 6) is 1.20. The van der Waals surface area contributed by atoms with Gasteiger partial charge in [-0.05, 0) is 39.0 Å². The van der Waals surface area contributed by atoms with Gasteiger partial charge in [0.15, 0.2) is 0 Å². The van der Waals surface area contributed by atoms with Crippen LogP contribution in [0.25, 0.3) is 0 Å². The van der Waals surface area contributed by atoms with E-state index in [9.17, 15) is 9.90 Å². The van der Waals surface area contributed by atoms with Gasteiger partial charge in [0.2, 0.25) is 0 Å². The van der Waals surface area contributed by atoms with E-state index < -0.39 is 5.60 Å². The number of carbonyl (C=O) groups is 1. The normalized spacial score (nSPS) is 14.1. The number of amides is 1. The molecule has 2 rings (SSSR count). The van der Waals surface area contributed by atoms with Gasteiger partial charge < -0.3 is 19.4 Å². The number of hydrogen-bond acceptors (Lipinski definition) is 3. The number of carbonyl (C=O) groups excluding carboxylic acids is 1. The maximum absolute atomic E-state index is 12.0. The summed E-state index contributed by atoms with van der Waals surface area (Å²) >= 11 is 0. The molecule has 2 aromatic heterocycles. The molecule has 1 amide bonds. The van der Waals surface area contributed by atoms with Crippen LogP contribution in [0.2, 0.25) is 0 Å². The number of hydrogen-bond donors (Lipinski definition) is 2. The fourth-order valence-corrected chi connectivity index (χ4v) is 2.30. The zero-order chi connectivity index (χ0) is 14.9. The van der Waals surface area contributed by atoms with Crippen molar-refractivity contribution in [2.24, 2.45) is 7.05 Å². The number of aromatic nitrogens is 1. The van der Waals surface area contributed by atoms with Crippen molar-refractivity contribution in [2.75, 3.05) is 6.54 Å². The van der Waals surface area contributed by atoms with Gasteiger partial charge in [0, 0.05) is 18.8 Å². The van der Waals surface area contributed by atoms with Gasteiger partial charge in [-0.3, -0.25) is 4.79 Å². The van der Waals surface area contributed by atoms with E-state index in [1.54, 1.807) is 49.9 Å². The molecule has 0 spiro atoms. The van der Waals surface area contributed by atoms with Gasteiger partial charge in [0.1, 0.15) is 22.8 Å². The molecule has 0 aliphatic heterocycles. The standard InChI is InChI=1S/C15H20N2O3/c1-10-8-12(11(2)20-10)15(3,19)9-16-14(18)13-6-5-7-17(13)4/h5-8,19H,9H2,1-4H3,(H,16,18). The van der Waals surface area contributed by atoms with Crippen molar-refractivity contribution in [3.8, 4) is 0 Å². The molecule has 0 aliphatic rings. The summed E-state index contributed by atoms with van der Waals surface area (Å²) in [5.41, 5.74) is 0.0888. The molecule has 20 heavy (non-hydrogen) atoms. The van der Waals surface area contributed by atoms with Crippen LogP contribution in [0.15, 0.2) is 28.8 Å². The lowest BCUT2D eigenvalue weighted by Gasteiger charge is -2.23. The van der Waals surface area contributed by atoms with Gasteiger partial charge in [-0.15, -0.1) is 0 Å². The highest BCUT2D eigenvalue weighted by molar-refractivity contribution is 5.92. The van der Waals surface area contributed by atoms with E-state index in [4.69, 9.17) is 4.42 Å². The average Bonchev–Trinajstić information content (AvgIpc) is 2.92. The second-order valence-electron chi connectivity index (χ2n) is 5.29. The number of rotatable bonds is 4. The molecule has 1 unspecified atom stereocenters. The van der Waals surface area contributed by atoms with Crippen LogP contribution in [0.1, 0.15) is 34.5 Å². The van der Waals surface area contributed by atoms with Crippen LogP contribution in [0.4, 0.5) is 0 Å². The summed E-state index contributed by atoms with van der Waals surface area (Å²) in [6.45, 7) is 5.41. The van der Waals surface area contributed by atoms with Gasteiger partial charge in [-0.25, -0.2) is 0 Å². The summed E-state index contributed by atoms with van der Waals surface area (Å²) in [4.78, 5) is 12.0. The third-order valence-corrected chi connectivity index (χ3v) is 3.39. The first-order valence-corrected chi connectivity index (χ1v) is 6.50. The predicted molar refractivity (Wildman–Crippen MR) is 75.5 cm³/mol. The van der Waals surface area contributed by atoms with Crippen molar-refractivity contribution >= 4 is 5.91 Å². The Labute approximate surface area is 118 Å². The molecular formula is C15H20N2O3. The quantitative estimate of drug-likeness (QED) is 0.896. The Bertz CT molecular complexity index is 623. The summed E-state index contributed by atoms with van der Waals surface area (Å²) in [7, 11) is 1.80. The molecule has 0 saturated heterocycles. The highest BCUT2D eigenvalue weighted by atomic mass is 16.3. The van der Waals surface area contributed by atoms with Crippen molar-refractivity contribution in [1.29, 1.82) is 0 Å². The Morgan fingerprint density at radius 1 is 1.50 bits per heavy atom. The Morgan fingerprint density at radius 3 is 2.70 bits per heavy atom. The first kappa shape index (κ1) is 14.4. The summed E-state index contributed by atoms with van der Waals surface area (Å²) in [6.07, 6.45) is 1.80. The number of nitrogens with one attached hydrogen (secondary N) is 1. The Balaban J connectivity index is 2.08. The van der Waals surface area contributed by atoms with Crippen molar-refractivity contribution in [1.82, 2.24) is 9.88 Å². The van der Waals surface area contributed by atoms with Crippen LogP contribution in [0.5, 0.6) is 0 Å². The van der Waals surface area contributed by atoms with Gasteiger partial charge in [-0.2, -0.15) is 0 Å². The minimum atomic E-state index is -1.16. The fourth-order valence-electron chi connectivity index (χ4n) is 2.30. The number of furan rings is 1. The molecule has 0 saturated carbocycles. The highest BCUT2D eigenvalue weighted by Gasteiger charge is 2.28. The Hall–Kier alpha value is -2.01. The molecule has 5 nitrogen and oxygen atoms in total. The molecule has 0 fully saturated rings. The Morgan fingerprint density at radius 2 is 2.20 bits per heavy atom. The van der Waals surface area contributed by atoms with Crippen LogP contribution in [-0.2, 0) is 12.6 Å². The minimum Gasteiger partial charge on any atom is -0.466 e. The molecule has 0 bridgehead atoms. The Kier molecular flexibility index (Phi) is 3.72. The zero-order valence-corrected chi connectivity index (χ0v) is 12.2. The van der Waals surface area contributed by atoms with Crippen molar-refractivity contribution in [3.63, 3.8) is 0 Å². The van der Waals surface area contributed by atoms with Gasteiger partial charge >= 0.3 is 0 Å². The number of aliphatic hydroxyl groups is 1. The molecule has 2 heterocycles. The summed E-state index contributed by atoms with van der Waals surface area (Å²) in [5, 5.41) is 13.3. The number of nitrogens with zero attached hydrogens (tertiary/aromatic N) is 1. The topological polar surface area (TPSA) is 67.4 Å². The van der Waals surface area contributed by atoms with Crippen LogP contribution in [-0.4, -0.2) is 22.1 Å². The van der Waals surface area contributed by atoms with Crippen molar-refractivity contribution in [2.45, 2.75) is 26.4 Å². The predicted octanol–water partition coefficient (Wildman–Crippen LogP) is 1.87. The lowest BCUT2D eigenvalue weighted by Crippen LogP contribution is -2.39. The van der Waals surface area contributed by atoms with E-state index in [0.29, 0.717) is 17.0 Å². The maximum Gasteiger partial charge on any atom is 0.268 e. The van der Waals surface area contributed by atoms with Crippen molar-refractivity contribution in [3.05, 3.63) is 47.2 Å².